The van der Waals surface area contributed by atoms with Gasteiger partial charge >= 0.3 is 0 Å². The third-order valence-electron chi connectivity index (χ3n) is 4.36. The normalized spacial score (nSPS) is 14.5. The van der Waals surface area contributed by atoms with Gasteiger partial charge in [-0.3, -0.25) is 0 Å². The van der Waals surface area contributed by atoms with Crippen molar-refractivity contribution in [1.82, 2.24) is 15.5 Å². The van der Waals surface area contributed by atoms with Crippen LogP contribution in [0.1, 0.15) is 25.3 Å². The molecule has 1 aliphatic carbocycles. The Kier molecular flexibility index (Phi) is 9.28. The molecule has 0 aromatic heterocycles. The summed E-state index contributed by atoms with van der Waals surface area (Å²) < 4.78 is 11.1. The van der Waals surface area contributed by atoms with E-state index in [0.717, 1.165) is 62.6 Å². The summed E-state index contributed by atoms with van der Waals surface area (Å²) in [5.74, 6) is 2.54. The summed E-state index contributed by atoms with van der Waals surface area (Å²) in [6.45, 7) is 7.81. The number of methoxy groups -OCH3 is 1. The van der Waals surface area contributed by atoms with Crippen LogP contribution in [0.3, 0.4) is 0 Å². The molecule has 0 radical (unpaired) electrons. The number of benzene rings is 1. The molecule has 0 saturated heterocycles. The molecule has 6 heteroatoms. The molecule has 0 unspecified atom stereocenters. The molecule has 0 bridgehead atoms. The number of guanidine groups is 1. The van der Waals surface area contributed by atoms with Crippen molar-refractivity contribution in [3.8, 4) is 5.75 Å². The van der Waals surface area contributed by atoms with Gasteiger partial charge in [0, 0.05) is 38.9 Å². The molecule has 2 rings (SSSR count). The Balaban J connectivity index is 1.83. The van der Waals surface area contributed by atoms with Crippen LogP contribution >= 0.6 is 0 Å². The summed E-state index contributed by atoms with van der Waals surface area (Å²) in [6, 6.07) is 8.20. The standard InChI is InChI=1S/C20H34N4O2/c1-4-21-20(22-11-12-24(2)13-14-25-3)23-15-18-7-5-6-8-19(18)26-16-17-9-10-17/h5-8,17H,4,9-16H2,1-3H3,(H2,21,22,23). The molecular weight excluding hydrogens is 328 g/mol. The van der Waals surface area contributed by atoms with E-state index in [1.807, 2.05) is 18.2 Å². The van der Waals surface area contributed by atoms with Gasteiger partial charge in [-0.05, 0) is 38.8 Å². The number of nitrogens with zero attached hydrogens (tertiary/aromatic N) is 2. The number of rotatable bonds is 12. The number of ether oxygens (including phenoxy) is 2. The molecule has 0 heterocycles. The van der Waals surface area contributed by atoms with Crippen molar-refractivity contribution in [2.45, 2.75) is 26.3 Å². The molecule has 1 fully saturated rings. The lowest BCUT2D eigenvalue weighted by Gasteiger charge is -2.18. The molecule has 1 aromatic rings. The van der Waals surface area contributed by atoms with Gasteiger partial charge in [0.25, 0.3) is 0 Å². The van der Waals surface area contributed by atoms with Crippen LogP contribution in [0.25, 0.3) is 0 Å². The van der Waals surface area contributed by atoms with Crippen molar-refractivity contribution in [2.75, 3.05) is 53.6 Å². The van der Waals surface area contributed by atoms with E-state index in [4.69, 9.17) is 14.5 Å². The van der Waals surface area contributed by atoms with E-state index in [1.54, 1.807) is 7.11 Å². The van der Waals surface area contributed by atoms with Crippen LogP contribution in [0.15, 0.2) is 29.3 Å². The van der Waals surface area contributed by atoms with Gasteiger partial charge < -0.3 is 25.0 Å². The molecule has 26 heavy (non-hydrogen) atoms. The predicted molar refractivity (Wildman–Crippen MR) is 107 cm³/mol. The second-order valence-corrected chi connectivity index (χ2v) is 6.78. The Hall–Kier alpha value is -1.79. The molecular formula is C20H34N4O2. The Morgan fingerprint density at radius 1 is 1.23 bits per heavy atom. The van der Waals surface area contributed by atoms with E-state index in [-0.39, 0.29) is 0 Å². The van der Waals surface area contributed by atoms with E-state index in [9.17, 15) is 0 Å². The SMILES string of the molecule is CCNC(=NCc1ccccc1OCC1CC1)NCCN(C)CCOC. The zero-order valence-electron chi connectivity index (χ0n) is 16.5. The molecule has 1 aliphatic rings. The van der Waals surface area contributed by atoms with Gasteiger partial charge in [0.2, 0.25) is 0 Å². The van der Waals surface area contributed by atoms with E-state index in [2.05, 4.69) is 35.6 Å². The first-order chi connectivity index (χ1) is 12.7. The Morgan fingerprint density at radius 2 is 2.04 bits per heavy atom. The zero-order chi connectivity index (χ0) is 18.6. The molecule has 1 aromatic carbocycles. The van der Waals surface area contributed by atoms with E-state index in [1.165, 1.54) is 12.8 Å². The zero-order valence-corrected chi connectivity index (χ0v) is 16.5. The average molecular weight is 363 g/mol. The maximum Gasteiger partial charge on any atom is 0.191 e. The molecule has 0 amide bonds. The quantitative estimate of drug-likeness (QED) is 0.441. The van der Waals surface area contributed by atoms with Crippen molar-refractivity contribution in [1.29, 1.82) is 0 Å². The third kappa shape index (κ3) is 8.06. The van der Waals surface area contributed by atoms with E-state index < -0.39 is 0 Å². The molecule has 146 valence electrons. The van der Waals surface area contributed by atoms with Crippen LogP contribution in [-0.2, 0) is 11.3 Å². The lowest BCUT2D eigenvalue weighted by Crippen LogP contribution is -2.41. The van der Waals surface area contributed by atoms with Crippen molar-refractivity contribution in [2.24, 2.45) is 10.9 Å². The fourth-order valence-electron chi connectivity index (χ4n) is 2.50. The highest BCUT2D eigenvalue weighted by Crippen LogP contribution is 2.30. The number of para-hydroxylation sites is 1. The van der Waals surface area contributed by atoms with Gasteiger partial charge in [-0.15, -0.1) is 0 Å². The summed E-state index contributed by atoms with van der Waals surface area (Å²) in [4.78, 5) is 6.95. The third-order valence-corrected chi connectivity index (χ3v) is 4.36. The lowest BCUT2D eigenvalue weighted by molar-refractivity contribution is 0.162. The van der Waals surface area contributed by atoms with Crippen LogP contribution in [0.2, 0.25) is 0 Å². The van der Waals surface area contributed by atoms with Gasteiger partial charge in [0.1, 0.15) is 5.75 Å². The first-order valence-corrected chi connectivity index (χ1v) is 9.63. The summed E-state index contributed by atoms with van der Waals surface area (Å²) in [7, 11) is 3.83. The Bertz CT molecular complexity index is 546. The molecule has 0 aliphatic heterocycles. The highest BCUT2D eigenvalue weighted by Gasteiger charge is 2.22. The smallest absolute Gasteiger partial charge is 0.191 e. The number of aliphatic imine (C=N–C) groups is 1. The minimum absolute atomic E-state index is 0.607. The average Bonchev–Trinajstić information content (AvgIpc) is 3.48. The second-order valence-electron chi connectivity index (χ2n) is 6.78. The summed E-state index contributed by atoms with van der Waals surface area (Å²) in [6.07, 6.45) is 2.60. The first kappa shape index (κ1) is 20.5. The van der Waals surface area contributed by atoms with Gasteiger partial charge in [-0.2, -0.15) is 0 Å². The topological polar surface area (TPSA) is 58.1 Å². The highest BCUT2D eigenvalue weighted by molar-refractivity contribution is 5.79. The summed E-state index contributed by atoms with van der Waals surface area (Å²) in [5.41, 5.74) is 1.13. The molecule has 2 N–H and O–H groups in total. The van der Waals surface area contributed by atoms with Crippen molar-refractivity contribution in [3.05, 3.63) is 29.8 Å². The minimum atomic E-state index is 0.607. The molecule has 0 spiro atoms. The predicted octanol–water partition coefficient (Wildman–Crippen LogP) is 2.11. The van der Waals surface area contributed by atoms with Crippen LogP contribution in [-0.4, -0.2) is 64.4 Å². The van der Waals surface area contributed by atoms with Gasteiger partial charge in [-0.1, -0.05) is 18.2 Å². The van der Waals surface area contributed by atoms with E-state index in [0.29, 0.717) is 6.54 Å². The highest BCUT2D eigenvalue weighted by atomic mass is 16.5. The maximum atomic E-state index is 5.97. The fourth-order valence-corrected chi connectivity index (χ4v) is 2.50. The van der Waals surface area contributed by atoms with Crippen molar-refractivity contribution >= 4 is 5.96 Å². The summed E-state index contributed by atoms with van der Waals surface area (Å²) in [5, 5.41) is 6.70. The molecule has 0 atom stereocenters. The van der Waals surface area contributed by atoms with Crippen molar-refractivity contribution in [3.63, 3.8) is 0 Å². The number of likely N-dealkylation sites (N-methyl/N-ethyl adjacent to an activating group) is 1. The number of hydrogen-bond acceptors (Lipinski definition) is 4. The maximum absolute atomic E-state index is 5.97. The monoisotopic (exact) mass is 362 g/mol. The van der Waals surface area contributed by atoms with Crippen molar-refractivity contribution < 1.29 is 9.47 Å². The largest absolute Gasteiger partial charge is 0.493 e. The van der Waals surface area contributed by atoms with Crippen LogP contribution in [0.4, 0.5) is 0 Å². The lowest BCUT2D eigenvalue weighted by atomic mass is 10.2. The van der Waals surface area contributed by atoms with Gasteiger partial charge in [0.05, 0.1) is 19.8 Å². The van der Waals surface area contributed by atoms with Gasteiger partial charge in [0.15, 0.2) is 5.96 Å². The first-order valence-electron chi connectivity index (χ1n) is 9.63. The van der Waals surface area contributed by atoms with Crippen LogP contribution in [0, 0.1) is 5.92 Å². The second kappa shape index (κ2) is 11.8. The Morgan fingerprint density at radius 3 is 2.77 bits per heavy atom. The number of nitrogens with one attached hydrogen (secondary N) is 2. The van der Waals surface area contributed by atoms with Crippen LogP contribution < -0.4 is 15.4 Å². The van der Waals surface area contributed by atoms with Gasteiger partial charge in [-0.25, -0.2) is 4.99 Å². The molecule has 6 nitrogen and oxygen atoms in total. The number of hydrogen-bond donors (Lipinski definition) is 2. The fraction of sp³-hybridized carbons (Fsp3) is 0.650. The Labute approximate surface area is 158 Å². The molecule has 1 saturated carbocycles. The van der Waals surface area contributed by atoms with Crippen LogP contribution in [0.5, 0.6) is 5.75 Å². The minimum Gasteiger partial charge on any atom is -0.493 e. The van der Waals surface area contributed by atoms with E-state index >= 15 is 0 Å². The summed E-state index contributed by atoms with van der Waals surface area (Å²) >= 11 is 0.